The monoisotopic (exact) mass is 323 g/mol. The topological polar surface area (TPSA) is 55.8 Å². The van der Waals surface area contributed by atoms with Crippen molar-refractivity contribution in [2.75, 3.05) is 32.7 Å². The van der Waals surface area contributed by atoms with Crippen molar-refractivity contribution in [3.05, 3.63) is 0 Å². The number of aliphatic hydroxyl groups is 1. The van der Waals surface area contributed by atoms with Crippen molar-refractivity contribution in [2.24, 2.45) is 0 Å². The summed E-state index contributed by atoms with van der Waals surface area (Å²) in [6.07, 6.45) is -3.43. The van der Waals surface area contributed by atoms with Crippen LogP contribution in [0.2, 0.25) is 0 Å². The summed E-state index contributed by atoms with van der Waals surface area (Å²) in [5.41, 5.74) is -2.66. The number of likely N-dealkylation sites (tertiary alicyclic amines) is 2. The molecule has 5 nitrogen and oxygen atoms in total. The Balaban J connectivity index is 1.78. The van der Waals surface area contributed by atoms with E-state index in [9.17, 15) is 23.1 Å². The molecule has 2 saturated heterocycles. The van der Waals surface area contributed by atoms with E-state index in [1.807, 2.05) is 0 Å². The van der Waals surface area contributed by atoms with Gasteiger partial charge >= 0.3 is 12.2 Å². The van der Waals surface area contributed by atoms with Gasteiger partial charge in [-0.1, -0.05) is 6.92 Å². The first-order valence-corrected chi connectivity index (χ1v) is 7.83. The maximum Gasteiger partial charge on any atom is 0.417 e. The Labute approximate surface area is 128 Å². The second kappa shape index (κ2) is 6.62. The fourth-order valence-corrected chi connectivity index (χ4v) is 3.22. The van der Waals surface area contributed by atoms with Crippen LogP contribution < -0.4 is 5.32 Å². The lowest BCUT2D eigenvalue weighted by atomic mass is 9.91. The molecule has 2 aliphatic rings. The first kappa shape index (κ1) is 17.3. The van der Waals surface area contributed by atoms with Gasteiger partial charge in [-0.15, -0.1) is 0 Å². The predicted molar refractivity (Wildman–Crippen MR) is 75.5 cm³/mol. The quantitative estimate of drug-likeness (QED) is 0.829. The molecule has 2 rings (SSSR count). The molecule has 0 radical (unpaired) electrons. The molecule has 0 aromatic carbocycles. The first-order valence-electron chi connectivity index (χ1n) is 7.83. The third kappa shape index (κ3) is 3.65. The molecule has 128 valence electrons. The van der Waals surface area contributed by atoms with Gasteiger partial charge in [0.05, 0.1) is 0 Å². The second-order valence-corrected chi connectivity index (χ2v) is 6.13. The van der Waals surface area contributed by atoms with E-state index >= 15 is 0 Å². The maximum absolute atomic E-state index is 12.7. The standard InChI is InChI=1S/C14H24F3N3O2/c1-2-19-7-3-4-11(19)10-18-12(21)20-8-5-13(22,6-9-20)14(15,16)17/h11,22H,2-10H2,1H3,(H,18,21). The second-order valence-electron chi connectivity index (χ2n) is 6.13. The average molecular weight is 323 g/mol. The van der Waals surface area contributed by atoms with Crippen LogP contribution in [0.15, 0.2) is 0 Å². The third-order valence-electron chi connectivity index (χ3n) is 4.80. The van der Waals surface area contributed by atoms with Crippen molar-refractivity contribution in [1.82, 2.24) is 15.1 Å². The molecule has 2 N–H and O–H groups in total. The van der Waals surface area contributed by atoms with E-state index in [-0.39, 0.29) is 19.1 Å². The number of nitrogens with zero attached hydrogens (tertiary/aromatic N) is 2. The number of hydrogen-bond acceptors (Lipinski definition) is 3. The molecule has 0 saturated carbocycles. The molecule has 2 aliphatic heterocycles. The highest BCUT2D eigenvalue weighted by Crippen LogP contribution is 2.38. The molecular weight excluding hydrogens is 299 g/mol. The molecule has 0 aromatic rings. The van der Waals surface area contributed by atoms with Crippen molar-refractivity contribution in [3.63, 3.8) is 0 Å². The minimum absolute atomic E-state index is 0.0794. The van der Waals surface area contributed by atoms with Crippen LogP contribution in [0.4, 0.5) is 18.0 Å². The number of amides is 2. The highest BCUT2D eigenvalue weighted by molar-refractivity contribution is 5.74. The zero-order valence-electron chi connectivity index (χ0n) is 12.8. The number of hydrogen-bond donors (Lipinski definition) is 2. The molecular formula is C14H24F3N3O2. The minimum atomic E-state index is -4.64. The fraction of sp³-hybridized carbons (Fsp3) is 0.929. The number of alkyl halides is 3. The lowest BCUT2D eigenvalue weighted by Gasteiger charge is -2.39. The van der Waals surface area contributed by atoms with E-state index in [1.165, 1.54) is 4.90 Å². The summed E-state index contributed by atoms with van der Waals surface area (Å²) in [5, 5.41) is 12.4. The lowest BCUT2D eigenvalue weighted by Crippen LogP contribution is -2.56. The Kier molecular flexibility index (Phi) is 5.21. The van der Waals surface area contributed by atoms with Crippen molar-refractivity contribution in [1.29, 1.82) is 0 Å². The van der Waals surface area contributed by atoms with Crippen LogP contribution in [-0.4, -0.2) is 71.5 Å². The SMILES string of the molecule is CCN1CCCC1CNC(=O)N1CCC(O)(C(F)(F)F)CC1. The normalized spacial score (nSPS) is 26.2. The molecule has 0 bridgehead atoms. The molecule has 22 heavy (non-hydrogen) atoms. The molecule has 0 aliphatic carbocycles. The van der Waals surface area contributed by atoms with Gasteiger partial charge in [0, 0.05) is 38.5 Å². The van der Waals surface area contributed by atoms with E-state index in [2.05, 4.69) is 17.1 Å². The van der Waals surface area contributed by atoms with E-state index in [1.54, 1.807) is 0 Å². The van der Waals surface area contributed by atoms with Crippen molar-refractivity contribution in [3.8, 4) is 0 Å². The van der Waals surface area contributed by atoms with Gasteiger partial charge in [-0.25, -0.2) is 4.79 Å². The van der Waals surface area contributed by atoms with Crippen molar-refractivity contribution < 1.29 is 23.1 Å². The van der Waals surface area contributed by atoms with Crippen LogP contribution in [0.5, 0.6) is 0 Å². The van der Waals surface area contributed by atoms with Gasteiger partial charge in [0.25, 0.3) is 0 Å². The molecule has 0 aromatic heterocycles. The van der Waals surface area contributed by atoms with E-state index < -0.39 is 24.6 Å². The Bertz CT molecular complexity index is 395. The van der Waals surface area contributed by atoms with Gasteiger partial charge in [0.2, 0.25) is 0 Å². The van der Waals surface area contributed by atoms with Crippen LogP contribution >= 0.6 is 0 Å². The summed E-state index contributed by atoms with van der Waals surface area (Å²) in [7, 11) is 0. The molecule has 8 heteroatoms. The zero-order valence-corrected chi connectivity index (χ0v) is 12.8. The summed E-state index contributed by atoms with van der Waals surface area (Å²) in [5.74, 6) is 0. The zero-order chi connectivity index (χ0) is 16.4. The molecule has 1 unspecified atom stereocenters. The van der Waals surface area contributed by atoms with E-state index in [0.717, 1.165) is 25.9 Å². The highest BCUT2D eigenvalue weighted by atomic mass is 19.4. The van der Waals surface area contributed by atoms with Gasteiger partial charge in [-0.3, -0.25) is 4.90 Å². The third-order valence-corrected chi connectivity index (χ3v) is 4.80. The molecule has 0 spiro atoms. The predicted octanol–water partition coefficient (Wildman–Crippen LogP) is 1.57. The van der Waals surface area contributed by atoms with E-state index in [0.29, 0.717) is 12.6 Å². The van der Waals surface area contributed by atoms with Crippen LogP contribution in [0.3, 0.4) is 0 Å². The number of halogens is 3. The number of likely N-dealkylation sites (N-methyl/N-ethyl adjacent to an activating group) is 1. The Morgan fingerprint density at radius 3 is 2.50 bits per heavy atom. The smallest absolute Gasteiger partial charge is 0.380 e. The summed E-state index contributed by atoms with van der Waals surface area (Å²) in [6, 6.07) is -0.0296. The van der Waals surface area contributed by atoms with Gasteiger partial charge in [0.1, 0.15) is 0 Å². The molecule has 1 atom stereocenters. The summed E-state index contributed by atoms with van der Waals surface area (Å²) in [6.45, 7) is 4.39. The van der Waals surface area contributed by atoms with Gasteiger partial charge in [-0.2, -0.15) is 13.2 Å². The molecule has 2 amide bonds. The minimum Gasteiger partial charge on any atom is -0.380 e. The number of urea groups is 1. The van der Waals surface area contributed by atoms with Crippen molar-refractivity contribution >= 4 is 6.03 Å². The molecule has 2 heterocycles. The van der Waals surface area contributed by atoms with Gasteiger partial charge < -0.3 is 15.3 Å². The van der Waals surface area contributed by atoms with Crippen LogP contribution in [0, 0.1) is 0 Å². The number of carbonyl (C=O) groups excluding carboxylic acids is 1. The number of carbonyl (C=O) groups is 1. The molecule has 2 fully saturated rings. The number of nitrogens with one attached hydrogen (secondary N) is 1. The first-order chi connectivity index (χ1) is 10.3. The van der Waals surface area contributed by atoms with Crippen LogP contribution in [-0.2, 0) is 0 Å². The number of rotatable bonds is 3. The Morgan fingerprint density at radius 2 is 1.95 bits per heavy atom. The highest BCUT2D eigenvalue weighted by Gasteiger charge is 2.54. The van der Waals surface area contributed by atoms with Crippen LogP contribution in [0.1, 0.15) is 32.6 Å². The fourth-order valence-electron chi connectivity index (χ4n) is 3.22. The average Bonchev–Trinajstić information content (AvgIpc) is 2.92. The summed E-state index contributed by atoms with van der Waals surface area (Å²) >= 11 is 0. The maximum atomic E-state index is 12.7. The van der Waals surface area contributed by atoms with Gasteiger partial charge in [0.15, 0.2) is 5.60 Å². The van der Waals surface area contributed by atoms with Crippen LogP contribution in [0.25, 0.3) is 0 Å². The van der Waals surface area contributed by atoms with Gasteiger partial charge in [-0.05, 0) is 25.9 Å². The summed E-state index contributed by atoms with van der Waals surface area (Å²) < 4.78 is 38.1. The number of piperidine rings is 1. The van der Waals surface area contributed by atoms with E-state index in [4.69, 9.17) is 0 Å². The lowest BCUT2D eigenvalue weighted by molar-refractivity contribution is -0.271. The summed E-state index contributed by atoms with van der Waals surface area (Å²) in [4.78, 5) is 15.7. The van der Waals surface area contributed by atoms with Crippen molar-refractivity contribution in [2.45, 2.75) is 50.4 Å². The largest absolute Gasteiger partial charge is 0.417 e. The Hall–Kier alpha value is -1.02. The Morgan fingerprint density at radius 1 is 1.32 bits per heavy atom.